The molecule has 2 saturated carbocycles. The van der Waals surface area contributed by atoms with Gasteiger partial charge in [-0.05, 0) is 61.1 Å². The van der Waals surface area contributed by atoms with Crippen molar-refractivity contribution < 1.29 is 4.79 Å². The number of hydrogen-bond acceptors (Lipinski definition) is 2. The molecule has 20 heavy (non-hydrogen) atoms. The molecule has 3 heteroatoms. The summed E-state index contributed by atoms with van der Waals surface area (Å²) in [7, 11) is 0. The van der Waals surface area contributed by atoms with E-state index in [1.54, 1.807) is 0 Å². The topological polar surface area (TPSA) is 41.1 Å². The highest BCUT2D eigenvalue weighted by molar-refractivity contribution is 5.95. The fourth-order valence-corrected chi connectivity index (χ4v) is 4.38. The van der Waals surface area contributed by atoms with Gasteiger partial charge in [0, 0.05) is 24.3 Å². The zero-order valence-electron chi connectivity index (χ0n) is 11.8. The molecule has 0 radical (unpaired) electrons. The molecule has 3 aliphatic rings. The maximum atomic E-state index is 12.3. The Morgan fingerprint density at radius 3 is 3.05 bits per heavy atom. The van der Waals surface area contributed by atoms with Crippen LogP contribution in [0, 0.1) is 17.8 Å². The molecule has 1 aromatic rings. The second kappa shape index (κ2) is 4.80. The van der Waals surface area contributed by atoms with Crippen molar-refractivity contribution in [1.29, 1.82) is 0 Å². The number of rotatable bonds is 3. The van der Waals surface area contributed by atoms with Gasteiger partial charge in [-0.1, -0.05) is 12.5 Å². The third kappa shape index (κ3) is 2.09. The van der Waals surface area contributed by atoms with Crippen molar-refractivity contribution in [2.75, 3.05) is 18.4 Å². The maximum absolute atomic E-state index is 12.3. The molecule has 2 N–H and O–H groups in total. The standard InChI is InChI=1S/C17H22N2O/c20-17(14-4-3-12-5-6-18-16(12)9-14)19-10-15-8-11-1-2-13(15)7-11/h3-4,9,11,13,15,18H,1-2,5-8,10H2,(H,19,20). The van der Waals surface area contributed by atoms with Gasteiger partial charge in [0.05, 0.1) is 0 Å². The number of anilines is 1. The zero-order chi connectivity index (χ0) is 13.5. The van der Waals surface area contributed by atoms with Crippen molar-refractivity contribution in [3.05, 3.63) is 29.3 Å². The minimum absolute atomic E-state index is 0.0873. The fourth-order valence-electron chi connectivity index (χ4n) is 4.38. The monoisotopic (exact) mass is 270 g/mol. The Morgan fingerprint density at radius 1 is 1.30 bits per heavy atom. The summed E-state index contributed by atoms with van der Waals surface area (Å²) in [6.45, 7) is 1.86. The third-order valence-corrected chi connectivity index (χ3v) is 5.49. The lowest BCUT2D eigenvalue weighted by atomic mass is 9.89. The van der Waals surface area contributed by atoms with E-state index in [-0.39, 0.29) is 5.91 Å². The Hall–Kier alpha value is -1.51. The van der Waals surface area contributed by atoms with Crippen LogP contribution >= 0.6 is 0 Å². The van der Waals surface area contributed by atoms with Crippen LogP contribution in [0.5, 0.6) is 0 Å². The zero-order valence-corrected chi connectivity index (χ0v) is 11.8. The molecule has 2 fully saturated rings. The predicted octanol–water partition coefficient (Wildman–Crippen LogP) is 2.82. The Kier molecular flexibility index (Phi) is 2.94. The van der Waals surface area contributed by atoms with Crippen molar-refractivity contribution in [1.82, 2.24) is 5.32 Å². The van der Waals surface area contributed by atoms with Gasteiger partial charge in [-0.2, -0.15) is 0 Å². The first-order chi connectivity index (χ1) is 9.79. The van der Waals surface area contributed by atoms with Crippen molar-refractivity contribution in [3.63, 3.8) is 0 Å². The van der Waals surface area contributed by atoms with E-state index >= 15 is 0 Å². The van der Waals surface area contributed by atoms with Gasteiger partial charge >= 0.3 is 0 Å². The van der Waals surface area contributed by atoms with E-state index in [0.717, 1.165) is 48.5 Å². The van der Waals surface area contributed by atoms with Gasteiger partial charge in [0.1, 0.15) is 0 Å². The fraction of sp³-hybridized carbons (Fsp3) is 0.588. The van der Waals surface area contributed by atoms with E-state index in [1.807, 2.05) is 12.1 Å². The lowest BCUT2D eigenvalue weighted by Crippen LogP contribution is -2.31. The average Bonchev–Trinajstić information content (AvgIpc) is 3.19. The molecule has 2 bridgehead atoms. The minimum Gasteiger partial charge on any atom is -0.384 e. The number of carbonyl (C=O) groups excluding carboxylic acids is 1. The Morgan fingerprint density at radius 2 is 2.25 bits per heavy atom. The summed E-state index contributed by atoms with van der Waals surface area (Å²) < 4.78 is 0. The molecule has 3 unspecified atom stereocenters. The maximum Gasteiger partial charge on any atom is 0.251 e. The molecule has 3 nitrogen and oxygen atoms in total. The van der Waals surface area contributed by atoms with Crippen molar-refractivity contribution in [3.8, 4) is 0 Å². The van der Waals surface area contributed by atoms with Crippen LogP contribution in [0.2, 0.25) is 0 Å². The largest absolute Gasteiger partial charge is 0.384 e. The smallest absolute Gasteiger partial charge is 0.251 e. The number of benzene rings is 1. The summed E-state index contributed by atoms with van der Waals surface area (Å²) in [5, 5.41) is 6.48. The molecule has 106 valence electrons. The van der Waals surface area contributed by atoms with Crippen LogP contribution in [0.1, 0.15) is 41.6 Å². The molecule has 0 spiro atoms. The first-order valence-corrected chi connectivity index (χ1v) is 7.94. The Bertz CT molecular complexity index is 540. The van der Waals surface area contributed by atoms with E-state index in [9.17, 15) is 4.79 Å². The lowest BCUT2D eigenvalue weighted by molar-refractivity contribution is 0.0942. The van der Waals surface area contributed by atoms with E-state index in [2.05, 4.69) is 16.7 Å². The summed E-state index contributed by atoms with van der Waals surface area (Å²) in [6.07, 6.45) is 6.61. The number of fused-ring (bicyclic) bond motifs is 3. The summed E-state index contributed by atoms with van der Waals surface area (Å²) in [5.74, 6) is 2.64. The number of nitrogens with one attached hydrogen (secondary N) is 2. The molecular weight excluding hydrogens is 248 g/mol. The van der Waals surface area contributed by atoms with Crippen LogP contribution in [0.4, 0.5) is 5.69 Å². The summed E-state index contributed by atoms with van der Waals surface area (Å²) >= 11 is 0. The first kappa shape index (κ1) is 12.2. The Labute approximate surface area is 120 Å². The van der Waals surface area contributed by atoms with Crippen LogP contribution in [-0.4, -0.2) is 19.0 Å². The Balaban J connectivity index is 1.38. The second-order valence-corrected chi connectivity index (χ2v) is 6.69. The van der Waals surface area contributed by atoms with Crippen LogP contribution in [0.15, 0.2) is 18.2 Å². The van der Waals surface area contributed by atoms with Gasteiger partial charge in [-0.25, -0.2) is 0 Å². The predicted molar refractivity (Wildman–Crippen MR) is 79.9 cm³/mol. The van der Waals surface area contributed by atoms with Gasteiger partial charge in [0.25, 0.3) is 5.91 Å². The third-order valence-electron chi connectivity index (χ3n) is 5.49. The summed E-state index contributed by atoms with van der Waals surface area (Å²) in [4.78, 5) is 12.3. The van der Waals surface area contributed by atoms with Crippen molar-refractivity contribution >= 4 is 11.6 Å². The molecule has 3 atom stereocenters. The van der Waals surface area contributed by atoms with Gasteiger partial charge in [0.15, 0.2) is 0 Å². The quantitative estimate of drug-likeness (QED) is 0.886. The van der Waals surface area contributed by atoms with Gasteiger partial charge < -0.3 is 10.6 Å². The SMILES string of the molecule is O=C(NCC1CC2CCC1C2)c1ccc2c(c1)NCC2. The molecular formula is C17H22N2O. The van der Waals surface area contributed by atoms with Gasteiger partial charge in [-0.15, -0.1) is 0 Å². The second-order valence-electron chi connectivity index (χ2n) is 6.69. The molecule has 2 aliphatic carbocycles. The normalized spacial score (nSPS) is 30.1. The molecule has 1 heterocycles. The van der Waals surface area contributed by atoms with Gasteiger partial charge in [0.2, 0.25) is 0 Å². The van der Waals surface area contributed by atoms with E-state index in [4.69, 9.17) is 0 Å². The van der Waals surface area contributed by atoms with E-state index in [0.29, 0.717) is 0 Å². The van der Waals surface area contributed by atoms with Crippen LogP contribution in [0.25, 0.3) is 0 Å². The molecule has 0 aromatic heterocycles. The van der Waals surface area contributed by atoms with Crippen molar-refractivity contribution in [2.24, 2.45) is 17.8 Å². The highest BCUT2D eigenvalue weighted by Gasteiger charge is 2.39. The summed E-state index contributed by atoms with van der Waals surface area (Å²) in [6, 6.07) is 6.04. The van der Waals surface area contributed by atoms with Gasteiger partial charge in [-0.3, -0.25) is 4.79 Å². The van der Waals surface area contributed by atoms with Crippen molar-refractivity contribution in [2.45, 2.75) is 32.1 Å². The van der Waals surface area contributed by atoms with E-state index < -0.39 is 0 Å². The first-order valence-electron chi connectivity index (χ1n) is 7.94. The van der Waals surface area contributed by atoms with Crippen LogP contribution in [-0.2, 0) is 6.42 Å². The van der Waals surface area contributed by atoms with Crippen LogP contribution < -0.4 is 10.6 Å². The molecule has 4 rings (SSSR count). The minimum atomic E-state index is 0.0873. The van der Waals surface area contributed by atoms with Crippen LogP contribution in [0.3, 0.4) is 0 Å². The molecule has 1 aliphatic heterocycles. The number of hydrogen-bond donors (Lipinski definition) is 2. The number of carbonyl (C=O) groups is 1. The highest BCUT2D eigenvalue weighted by Crippen LogP contribution is 2.47. The average molecular weight is 270 g/mol. The summed E-state index contributed by atoms with van der Waals surface area (Å²) in [5.41, 5.74) is 3.26. The highest BCUT2D eigenvalue weighted by atomic mass is 16.1. The van der Waals surface area contributed by atoms with E-state index in [1.165, 1.54) is 31.2 Å². The molecule has 0 saturated heterocycles. The molecule has 1 amide bonds. The molecule has 1 aromatic carbocycles. The lowest BCUT2D eigenvalue weighted by Gasteiger charge is -2.21. The number of amides is 1.